The van der Waals surface area contributed by atoms with E-state index in [1.54, 1.807) is 0 Å². The Bertz CT molecular complexity index is 161. The second kappa shape index (κ2) is 2.95. The molecule has 0 atom stereocenters. The molecular formula is C2H6N2O2S2. The Morgan fingerprint density at radius 2 is 2.25 bits per heavy atom. The maximum Gasteiger partial charge on any atom is 0.227 e. The highest BCUT2D eigenvalue weighted by Gasteiger charge is 1.96. The molecule has 0 spiro atoms. The molecular weight excluding hydrogens is 148 g/mol. The SMILES string of the molecule is NS(=O)(=O)CNC=S. The predicted octanol–water partition coefficient (Wildman–Crippen LogP) is -1.22. The number of hydrogen-bond acceptors (Lipinski definition) is 3. The van der Waals surface area contributed by atoms with Crippen LogP contribution in [0.5, 0.6) is 0 Å². The van der Waals surface area contributed by atoms with Crippen LogP contribution in [0.3, 0.4) is 0 Å². The van der Waals surface area contributed by atoms with Crippen molar-refractivity contribution < 1.29 is 8.42 Å². The summed E-state index contributed by atoms with van der Waals surface area (Å²) in [6.07, 6.45) is 0. The summed E-state index contributed by atoms with van der Waals surface area (Å²) in [7, 11) is -3.40. The van der Waals surface area contributed by atoms with E-state index in [1.165, 1.54) is 0 Å². The summed E-state index contributed by atoms with van der Waals surface area (Å²) in [6, 6.07) is 0. The minimum absolute atomic E-state index is 0.295. The van der Waals surface area contributed by atoms with E-state index in [0.29, 0.717) is 0 Å². The van der Waals surface area contributed by atoms with Crippen molar-refractivity contribution in [1.82, 2.24) is 5.32 Å². The number of primary sulfonamides is 1. The van der Waals surface area contributed by atoms with Crippen LogP contribution in [-0.2, 0) is 10.0 Å². The Hall–Kier alpha value is -0.200. The monoisotopic (exact) mass is 154 g/mol. The zero-order chi connectivity index (χ0) is 6.62. The fourth-order valence-electron chi connectivity index (χ4n) is 0.150. The largest absolute Gasteiger partial charge is 0.368 e. The highest BCUT2D eigenvalue weighted by Crippen LogP contribution is 1.66. The van der Waals surface area contributed by atoms with Crippen LogP contribution in [0.1, 0.15) is 0 Å². The lowest BCUT2D eigenvalue weighted by molar-refractivity contribution is 0.596. The van der Waals surface area contributed by atoms with E-state index in [4.69, 9.17) is 0 Å². The predicted molar refractivity (Wildman–Crippen MR) is 34.8 cm³/mol. The Labute approximate surface area is 53.1 Å². The molecule has 0 aromatic heterocycles. The van der Waals surface area contributed by atoms with Gasteiger partial charge in [-0.2, -0.15) is 0 Å². The topological polar surface area (TPSA) is 72.2 Å². The van der Waals surface area contributed by atoms with Crippen LogP contribution in [0.25, 0.3) is 0 Å². The fourth-order valence-corrected chi connectivity index (χ4v) is 0.655. The minimum Gasteiger partial charge on any atom is -0.368 e. The van der Waals surface area contributed by atoms with Crippen molar-refractivity contribution in [2.24, 2.45) is 5.14 Å². The Morgan fingerprint density at radius 1 is 1.75 bits per heavy atom. The number of thiocarbonyl (C=S) groups is 1. The molecule has 0 bridgehead atoms. The van der Waals surface area contributed by atoms with Crippen LogP contribution in [0, 0.1) is 0 Å². The van der Waals surface area contributed by atoms with Gasteiger partial charge in [0.05, 0.1) is 5.49 Å². The van der Waals surface area contributed by atoms with Crippen LogP contribution >= 0.6 is 12.2 Å². The van der Waals surface area contributed by atoms with E-state index in [1.807, 2.05) is 0 Å². The lowest BCUT2D eigenvalue weighted by atomic mass is 11.2. The second-order valence-electron chi connectivity index (χ2n) is 1.13. The van der Waals surface area contributed by atoms with Gasteiger partial charge in [0.1, 0.15) is 5.88 Å². The molecule has 0 aromatic rings. The normalized spacial score (nSPS) is 10.6. The third kappa shape index (κ3) is 5.80. The van der Waals surface area contributed by atoms with E-state index in [9.17, 15) is 8.42 Å². The first-order chi connectivity index (χ1) is 3.56. The van der Waals surface area contributed by atoms with Crippen LogP contribution < -0.4 is 10.5 Å². The summed E-state index contributed by atoms with van der Waals surface area (Å²) in [5.41, 5.74) is 1.10. The molecule has 0 aromatic carbocycles. The number of sulfonamides is 1. The van der Waals surface area contributed by atoms with Gasteiger partial charge in [-0.05, 0) is 0 Å². The van der Waals surface area contributed by atoms with Crippen molar-refractivity contribution in [2.75, 3.05) is 5.88 Å². The van der Waals surface area contributed by atoms with E-state index in [-0.39, 0.29) is 5.88 Å². The summed E-state index contributed by atoms with van der Waals surface area (Å²) in [5.74, 6) is -0.295. The van der Waals surface area contributed by atoms with E-state index >= 15 is 0 Å². The van der Waals surface area contributed by atoms with Crippen molar-refractivity contribution in [3.8, 4) is 0 Å². The van der Waals surface area contributed by atoms with Gasteiger partial charge in [-0.15, -0.1) is 0 Å². The molecule has 8 heavy (non-hydrogen) atoms. The lowest BCUT2D eigenvalue weighted by Crippen LogP contribution is -2.26. The first-order valence-electron chi connectivity index (χ1n) is 1.74. The summed E-state index contributed by atoms with van der Waals surface area (Å²) < 4.78 is 20.1. The molecule has 0 unspecified atom stereocenters. The quantitative estimate of drug-likeness (QED) is 0.500. The molecule has 0 rings (SSSR count). The highest BCUT2D eigenvalue weighted by molar-refractivity contribution is 7.89. The number of rotatable bonds is 3. The van der Waals surface area contributed by atoms with Gasteiger partial charge in [-0.1, -0.05) is 12.2 Å². The van der Waals surface area contributed by atoms with E-state index in [0.717, 1.165) is 5.49 Å². The summed E-state index contributed by atoms with van der Waals surface area (Å²) in [6.45, 7) is 0. The van der Waals surface area contributed by atoms with Gasteiger partial charge in [-0.3, -0.25) is 0 Å². The average molecular weight is 154 g/mol. The van der Waals surface area contributed by atoms with Gasteiger partial charge in [0, 0.05) is 0 Å². The van der Waals surface area contributed by atoms with Crippen molar-refractivity contribution in [1.29, 1.82) is 0 Å². The smallest absolute Gasteiger partial charge is 0.227 e. The molecule has 48 valence electrons. The molecule has 0 heterocycles. The third-order valence-electron chi connectivity index (χ3n) is 0.368. The Balaban J connectivity index is 3.57. The molecule has 0 saturated carbocycles. The van der Waals surface area contributed by atoms with Crippen molar-refractivity contribution in [3.05, 3.63) is 0 Å². The first-order valence-corrected chi connectivity index (χ1v) is 3.92. The lowest BCUT2D eigenvalue weighted by Gasteiger charge is -1.92. The standard InChI is InChI=1S/C2H6N2O2S2/c3-8(5,6)2-4-1-7/h1H,2H2,(H,4,7)(H2,3,5,6). The molecule has 4 nitrogen and oxygen atoms in total. The maximum atomic E-state index is 10.0. The maximum absolute atomic E-state index is 10.0. The van der Waals surface area contributed by atoms with E-state index < -0.39 is 10.0 Å². The fraction of sp³-hybridized carbons (Fsp3) is 0.500. The molecule has 3 N–H and O–H groups in total. The van der Waals surface area contributed by atoms with Gasteiger partial charge in [0.15, 0.2) is 0 Å². The summed E-state index contributed by atoms with van der Waals surface area (Å²) in [4.78, 5) is 0. The Morgan fingerprint density at radius 3 is 2.38 bits per heavy atom. The third-order valence-corrected chi connectivity index (χ3v) is 1.10. The summed E-state index contributed by atoms with van der Waals surface area (Å²) in [5, 5.41) is 6.83. The van der Waals surface area contributed by atoms with Crippen LogP contribution in [0.4, 0.5) is 0 Å². The van der Waals surface area contributed by atoms with Gasteiger partial charge in [-0.25, -0.2) is 13.6 Å². The minimum atomic E-state index is -3.40. The van der Waals surface area contributed by atoms with Crippen LogP contribution in [-0.4, -0.2) is 19.8 Å². The van der Waals surface area contributed by atoms with Gasteiger partial charge < -0.3 is 5.32 Å². The zero-order valence-corrected chi connectivity index (χ0v) is 5.63. The molecule has 0 radical (unpaired) electrons. The molecule has 0 aliphatic rings. The van der Waals surface area contributed by atoms with Crippen molar-refractivity contribution in [2.45, 2.75) is 0 Å². The van der Waals surface area contributed by atoms with Crippen molar-refractivity contribution >= 4 is 27.7 Å². The second-order valence-corrected chi connectivity index (χ2v) is 2.98. The molecule has 0 amide bonds. The Kier molecular flexibility index (Phi) is 2.88. The van der Waals surface area contributed by atoms with Crippen molar-refractivity contribution in [3.63, 3.8) is 0 Å². The first kappa shape index (κ1) is 7.80. The van der Waals surface area contributed by atoms with Crippen LogP contribution in [0.15, 0.2) is 0 Å². The molecule has 6 heteroatoms. The van der Waals surface area contributed by atoms with E-state index in [2.05, 4.69) is 22.7 Å². The molecule has 0 saturated heterocycles. The molecule has 0 aliphatic carbocycles. The highest BCUT2D eigenvalue weighted by atomic mass is 32.2. The molecule has 0 aliphatic heterocycles. The number of nitrogens with two attached hydrogens (primary N) is 1. The van der Waals surface area contributed by atoms with Gasteiger partial charge >= 0.3 is 0 Å². The van der Waals surface area contributed by atoms with Gasteiger partial charge in [0.2, 0.25) is 10.0 Å². The number of nitrogens with one attached hydrogen (secondary N) is 1. The zero-order valence-electron chi connectivity index (χ0n) is 3.99. The number of hydrogen-bond donors (Lipinski definition) is 2. The van der Waals surface area contributed by atoms with Gasteiger partial charge in [0.25, 0.3) is 0 Å². The average Bonchev–Trinajstić information content (AvgIpc) is 1.59. The van der Waals surface area contributed by atoms with Crippen LogP contribution in [0.2, 0.25) is 0 Å². The molecule has 0 fully saturated rings. The summed E-state index contributed by atoms with van der Waals surface area (Å²) >= 11 is 4.26.